The number of halogens is 2. The quantitative estimate of drug-likeness (QED) is 0.119. The number of rotatable bonds is 12. The molecule has 5 heteroatoms. The van der Waals surface area contributed by atoms with Gasteiger partial charge in [-0.1, -0.05) is 107 Å². The predicted octanol–water partition coefficient (Wildman–Crippen LogP) is 8.33. The largest absolute Gasteiger partial charge is 1.00 e. The highest BCUT2D eigenvalue weighted by Gasteiger charge is 2.45. The Morgan fingerprint density at radius 3 is 2.06 bits per heavy atom. The van der Waals surface area contributed by atoms with Gasteiger partial charge in [0.15, 0.2) is 5.71 Å². The van der Waals surface area contributed by atoms with E-state index in [0.717, 1.165) is 51.6 Å². The molecule has 2 aliphatic heterocycles. The number of aliphatic hydroxyl groups is 1. The second-order valence-corrected chi connectivity index (χ2v) is 14.5. The normalized spacial score (nSPS) is 17.2. The summed E-state index contributed by atoms with van der Waals surface area (Å²) < 4.78 is 2.57. The van der Waals surface area contributed by atoms with E-state index in [1.54, 1.807) is 0 Å². The summed E-state index contributed by atoms with van der Waals surface area (Å²) in [6, 6.07) is 26.9. The Hall–Kier alpha value is -3.37. The number of unbranched alkanes of at least 4 members (excludes halogenated alkanes) is 2. The molecular weight excluding hydrogens is 643 g/mol. The molecule has 0 saturated heterocycles. The molecule has 3 nitrogen and oxygen atoms in total. The van der Waals surface area contributed by atoms with Crippen molar-refractivity contribution in [1.29, 1.82) is 0 Å². The number of allylic oxidation sites excluding steroid dienone is 6. The Morgan fingerprint density at radius 1 is 0.776 bits per heavy atom. The fourth-order valence-corrected chi connectivity index (χ4v) is 8.06. The third kappa shape index (κ3) is 7.13. The van der Waals surface area contributed by atoms with Crippen LogP contribution in [0.25, 0.3) is 21.5 Å². The first-order chi connectivity index (χ1) is 22.7. The summed E-state index contributed by atoms with van der Waals surface area (Å²) in [6.07, 6.45) is 15.6. The number of hydrogen-bond donors (Lipinski definition) is 1. The molecule has 2 aliphatic rings. The Kier molecular flexibility index (Phi) is 12.6. The van der Waals surface area contributed by atoms with E-state index in [1.165, 1.54) is 61.0 Å². The number of hydrogen-bond acceptors (Lipinski definition) is 2. The number of anilines is 1. The van der Waals surface area contributed by atoms with Crippen LogP contribution in [-0.2, 0) is 10.8 Å². The average Bonchev–Trinajstić information content (AvgIpc) is 3.44. The molecule has 0 aliphatic carbocycles. The van der Waals surface area contributed by atoms with E-state index in [1.807, 2.05) is 0 Å². The van der Waals surface area contributed by atoms with Crippen molar-refractivity contribution in [3.8, 4) is 0 Å². The lowest BCUT2D eigenvalue weighted by Crippen LogP contribution is -3.00. The molecule has 0 spiro atoms. The molecule has 0 saturated carbocycles. The topological polar surface area (TPSA) is 26.5 Å². The van der Waals surface area contributed by atoms with Crippen LogP contribution in [-0.4, -0.2) is 35.1 Å². The Labute approximate surface area is 306 Å². The van der Waals surface area contributed by atoms with Crippen molar-refractivity contribution in [1.82, 2.24) is 0 Å². The summed E-state index contributed by atoms with van der Waals surface area (Å²) in [6.45, 7) is 16.3. The van der Waals surface area contributed by atoms with Gasteiger partial charge in [0.25, 0.3) is 0 Å². The lowest BCUT2D eigenvalue weighted by molar-refractivity contribution is -0.438. The first kappa shape index (κ1) is 38.4. The van der Waals surface area contributed by atoms with Gasteiger partial charge in [-0.25, -0.2) is 0 Å². The molecule has 0 radical (unpaired) electrons. The van der Waals surface area contributed by atoms with Crippen molar-refractivity contribution in [2.45, 2.75) is 90.9 Å². The first-order valence-corrected chi connectivity index (χ1v) is 17.9. The summed E-state index contributed by atoms with van der Waals surface area (Å²) in [5.74, 6) is 0. The molecule has 1 N–H and O–H groups in total. The van der Waals surface area contributed by atoms with Crippen LogP contribution in [0.4, 0.5) is 11.4 Å². The van der Waals surface area contributed by atoms with Gasteiger partial charge in [0.2, 0.25) is 5.69 Å². The molecule has 260 valence electrons. The van der Waals surface area contributed by atoms with Crippen molar-refractivity contribution >= 4 is 51.0 Å². The SMILES string of the molecule is CCCCN1\C(=C/C=C(/C=C/C2=[N+](CCCC)c3ccc4ccccc4c3C2(C)C)CCCO)C(C)(C)c2c1ccc1ccccc21.Cl.[Cl-]. The summed E-state index contributed by atoms with van der Waals surface area (Å²) in [5, 5.41) is 15.2. The van der Waals surface area contributed by atoms with Crippen LogP contribution >= 0.6 is 12.4 Å². The first-order valence-electron chi connectivity index (χ1n) is 17.9. The number of benzene rings is 4. The average molecular weight is 698 g/mol. The molecule has 0 amide bonds. The molecular formula is C44H54Cl2N2O. The predicted molar refractivity (Wildman–Crippen MR) is 210 cm³/mol. The van der Waals surface area contributed by atoms with Crippen LogP contribution in [0, 0.1) is 0 Å². The third-order valence-corrected chi connectivity index (χ3v) is 10.5. The van der Waals surface area contributed by atoms with Gasteiger partial charge in [0.05, 0.1) is 5.41 Å². The van der Waals surface area contributed by atoms with Crippen LogP contribution in [0.3, 0.4) is 0 Å². The second-order valence-electron chi connectivity index (χ2n) is 14.5. The van der Waals surface area contributed by atoms with Gasteiger partial charge >= 0.3 is 0 Å². The zero-order chi connectivity index (χ0) is 33.2. The third-order valence-electron chi connectivity index (χ3n) is 10.5. The van der Waals surface area contributed by atoms with E-state index in [4.69, 9.17) is 0 Å². The Bertz CT molecular complexity index is 1910. The highest BCUT2D eigenvalue weighted by Crippen LogP contribution is 2.51. The maximum Gasteiger partial charge on any atom is 0.210 e. The van der Waals surface area contributed by atoms with Crippen LogP contribution in [0.5, 0.6) is 0 Å². The van der Waals surface area contributed by atoms with Crippen LogP contribution in [0.2, 0.25) is 0 Å². The summed E-state index contributed by atoms with van der Waals surface area (Å²) in [7, 11) is 0. The van der Waals surface area contributed by atoms with E-state index < -0.39 is 0 Å². The molecule has 4 aromatic carbocycles. The van der Waals surface area contributed by atoms with Crippen molar-refractivity contribution in [2.75, 3.05) is 24.6 Å². The van der Waals surface area contributed by atoms with Gasteiger partial charge in [-0.05, 0) is 84.0 Å². The lowest BCUT2D eigenvalue weighted by Gasteiger charge is -2.27. The maximum atomic E-state index is 9.87. The molecule has 2 heterocycles. The monoisotopic (exact) mass is 696 g/mol. The molecule has 49 heavy (non-hydrogen) atoms. The minimum Gasteiger partial charge on any atom is -1.00 e. The van der Waals surface area contributed by atoms with E-state index in [2.05, 4.69) is 148 Å². The highest BCUT2D eigenvalue weighted by atomic mass is 35.5. The summed E-state index contributed by atoms with van der Waals surface area (Å²) >= 11 is 0. The molecule has 6 rings (SSSR count). The van der Waals surface area contributed by atoms with Gasteiger partial charge in [-0.3, -0.25) is 0 Å². The van der Waals surface area contributed by atoms with Crippen LogP contribution in [0.1, 0.15) is 91.2 Å². The minimum atomic E-state index is -0.131. The van der Waals surface area contributed by atoms with Crippen molar-refractivity contribution in [3.63, 3.8) is 0 Å². The van der Waals surface area contributed by atoms with Crippen molar-refractivity contribution < 1.29 is 22.1 Å². The van der Waals surface area contributed by atoms with E-state index in [9.17, 15) is 5.11 Å². The fourth-order valence-electron chi connectivity index (χ4n) is 8.06. The number of nitrogens with zero attached hydrogens (tertiary/aromatic N) is 2. The van der Waals surface area contributed by atoms with Gasteiger partial charge in [0, 0.05) is 54.1 Å². The molecule has 4 aromatic rings. The van der Waals surface area contributed by atoms with Gasteiger partial charge in [0.1, 0.15) is 6.54 Å². The van der Waals surface area contributed by atoms with Crippen LogP contribution in [0.15, 0.2) is 108 Å². The van der Waals surface area contributed by atoms with Crippen LogP contribution < -0.4 is 17.3 Å². The molecule has 0 fully saturated rings. The van der Waals surface area contributed by atoms with Crippen molar-refractivity contribution in [3.05, 3.63) is 119 Å². The van der Waals surface area contributed by atoms with Gasteiger partial charge in [-0.15, -0.1) is 12.4 Å². The van der Waals surface area contributed by atoms with E-state index in [-0.39, 0.29) is 42.3 Å². The fraction of sp³-hybridized carbons (Fsp3) is 0.386. The zero-order valence-electron chi connectivity index (χ0n) is 30.2. The van der Waals surface area contributed by atoms with Crippen molar-refractivity contribution in [2.24, 2.45) is 0 Å². The summed E-state index contributed by atoms with van der Waals surface area (Å²) in [5.41, 5.74) is 9.23. The number of aliphatic hydroxyl groups excluding tert-OH is 1. The second kappa shape index (κ2) is 16.1. The molecule has 0 bridgehead atoms. The van der Waals surface area contributed by atoms with E-state index >= 15 is 0 Å². The highest BCUT2D eigenvalue weighted by molar-refractivity contribution is 6.07. The van der Waals surface area contributed by atoms with Gasteiger partial charge in [-0.2, -0.15) is 4.58 Å². The maximum absolute atomic E-state index is 9.87. The molecule has 0 aromatic heterocycles. The molecule has 0 atom stereocenters. The lowest BCUT2D eigenvalue weighted by atomic mass is 9.79. The van der Waals surface area contributed by atoms with Gasteiger partial charge < -0.3 is 22.4 Å². The number of fused-ring (bicyclic) bond motifs is 6. The Balaban J connectivity index is 0.00000270. The summed E-state index contributed by atoms with van der Waals surface area (Å²) in [4.78, 5) is 2.57. The zero-order valence-corrected chi connectivity index (χ0v) is 31.8. The standard InChI is InChI=1S/C44H53N2O.2ClH/c1-7-9-29-45-37-25-23-33-17-11-13-19-35(33)41(37)43(3,4)39(45)27-21-32(16-15-31-47)22-28-40-44(5,6)42-36-20-14-12-18-34(36)24-26-38(42)46(40)30-10-8-2;;/h11-14,17-28,47H,7-10,15-16,29-31H2,1-6H3;2*1H/q+1;;/p-1. The molecule has 0 unspecified atom stereocenters. The minimum absolute atomic E-state index is 0. The van der Waals surface area contributed by atoms with E-state index in [0.29, 0.717) is 0 Å². The smallest absolute Gasteiger partial charge is 0.210 e. The Morgan fingerprint density at radius 2 is 1.41 bits per heavy atom.